The molecule has 12 nitrogen and oxygen atoms in total. The van der Waals surface area contributed by atoms with Crippen LogP contribution >= 0.6 is 0 Å². The molecule has 1 rings (SSSR count). The largest absolute Gasteiger partial charge is 0.457 e. The first-order valence-electron chi connectivity index (χ1n) is 19.4. The van der Waals surface area contributed by atoms with E-state index in [0.29, 0.717) is 13.0 Å². The van der Waals surface area contributed by atoms with Gasteiger partial charge in [-0.2, -0.15) is 8.42 Å². The summed E-state index contributed by atoms with van der Waals surface area (Å²) in [5, 5.41) is 30.5. The number of carbonyl (C=O) groups excluding carboxylic acids is 1. The molecule has 1 heterocycles. The molecule has 0 aromatic heterocycles. The molecule has 6 atom stereocenters. The molecule has 0 spiro atoms. The fourth-order valence-electron chi connectivity index (χ4n) is 5.54. The zero-order valence-electron chi connectivity index (χ0n) is 31.6. The predicted molar refractivity (Wildman–Crippen MR) is 202 cm³/mol. The third-order valence-corrected chi connectivity index (χ3v) is 8.93. The molecule has 1 fully saturated rings. The van der Waals surface area contributed by atoms with E-state index in [-0.39, 0.29) is 19.6 Å². The second kappa shape index (κ2) is 31.4. The number of allylic oxidation sites excluding steroid dienone is 8. The number of carbonyl (C=O) groups is 1. The summed E-state index contributed by atoms with van der Waals surface area (Å²) in [5.74, 6) is -0.416. The summed E-state index contributed by atoms with van der Waals surface area (Å²) in [6.07, 6.45) is 26.1. The van der Waals surface area contributed by atoms with Crippen molar-refractivity contribution < 1.29 is 56.2 Å². The van der Waals surface area contributed by atoms with Crippen molar-refractivity contribution in [2.45, 2.75) is 166 Å². The lowest BCUT2D eigenvalue weighted by Crippen LogP contribution is -2.60. The maximum atomic E-state index is 12.7. The van der Waals surface area contributed by atoms with Crippen LogP contribution in [0.4, 0.5) is 0 Å². The number of hydrogen-bond donors (Lipinski definition) is 4. The number of ether oxygens (including phenoxy) is 4. The maximum absolute atomic E-state index is 12.7. The van der Waals surface area contributed by atoms with Crippen molar-refractivity contribution in [1.82, 2.24) is 0 Å². The van der Waals surface area contributed by atoms with Gasteiger partial charge >= 0.3 is 16.4 Å². The highest BCUT2D eigenvalue weighted by Gasteiger charge is 2.48. The van der Waals surface area contributed by atoms with Crippen molar-refractivity contribution in [3.05, 3.63) is 48.6 Å². The minimum absolute atomic E-state index is 0.0222. The van der Waals surface area contributed by atoms with Crippen LogP contribution in [-0.2, 0) is 38.3 Å². The van der Waals surface area contributed by atoms with E-state index in [9.17, 15) is 28.5 Å². The molecule has 0 aliphatic carbocycles. The lowest BCUT2D eigenvalue weighted by Gasteiger charge is -2.41. The third-order valence-electron chi connectivity index (χ3n) is 8.47. The minimum atomic E-state index is -5.06. The van der Waals surface area contributed by atoms with Crippen molar-refractivity contribution >= 4 is 16.4 Å². The smallest absolute Gasteiger partial charge is 0.397 e. The SMILES string of the molecule is CC/C=C\C/C=C\C/C=C\C/C=C\CCCCCCCOCC(COC1OC(CO)C(O)C(OS(=O)(=O)O)C1O)OC(=O)CCCCCCCCC. The lowest BCUT2D eigenvalue weighted by molar-refractivity contribution is -0.301. The topological polar surface area (TPSA) is 178 Å². The van der Waals surface area contributed by atoms with Crippen LogP contribution in [-0.4, -0.2) is 97.5 Å². The van der Waals surface area contributed by atoms with Gasteiger partial charge in [0.15, 0.2) is 6.29 Å². The number of aliphatic hydroxyl groups excluding tert-OH is 3. The van der Waals surface area contributed by atoms with Crippen molar-refractivity contribution in [1.29, 1.82) is 0 Å². The number of esters is 1. The highest BCUT2D eigenvalue weighted by Crippen LogP contribution is 2.26. The highest BCUT2D eigenvalue weighted by atomic mass is 32.3. The standard InChI is InChI=1S/C39H68O12S/c1-3-5-7-9-11-12-13-14-15-16-17-18-19-20-21-23-25-27-29-47-31-33(49-35(41)28-26-24-22-10-8-6-4-2)32-48-39-37(43)38(51-52(44,45)46)36(42)34(30-40)50-39/h5,7,11-12,14-15,17-18,33-34,36-40,42-43H,3-4,6,8-10,13,16,19-32H2,1-2H3,(H,44,45,46)/b7-5-,12-11-,15-14-,18-17-. The number of rotatable bonds is 32. The summed E-state index contributed by atoms with van der Waals surface area (Å²) >= 11 is 0. The Morgan fingerprint density at radius 3 is 1.94 bits per heavy atom. The Morgan fingerprint density at radius 2 is 1.33 bits per heavy atom. The minimum Gasteiger partial charge on any atom is -0.457 e. The molecule has 0 amide bonds. The van der Waals surface area contributed by atoms with Crippen LogP contribution in [0, 0.1) is 0 Å². The van der Waals surface area contributed by atoms with Crippen LogP contribution in [0.5, 0.6) is 0 Å². The number of hydrogen-bond acceptors (Lipinski definition) is 11. The Balaban J connectivity index is 2.45. The van der Waals surface area contributed by atoms with E-state index in [1.54, 1.807) is 0 Å². The molecule has 52 heavy (non-hydrogen) atoms. The fraction of sp³-hybridized carbons (Fsp3) is 0.769. The van der Waals surface area contributed by atoms with Gasteiger partial charge < -0.3 is 34.3 Å². The highest BCUT2D eigenvalue weighted by molar-refractivity contribution is 7.80. The molecule has 1 saturated heterocycles. The molecule has 0 radical (unpaired) electrons. The summed E-state index contributed by atoms with van der Waals surface area (Å²) in [5.41, 5.74) is 0. The molecule has 0 bridgehead atoms. The molecular formula is C39H68O12S. The zero-order chi connectivity index (χ0) is 38.3. The summed E-state index contributed by atoms with van der Waals surface area (Å²) in [6, 6.07) is 0. The van der Waals surface area contributed by atoms with E-state index < -0.39 is 59.8 Å². The Labute approximate surface area is 313 Å². The Bertz CT molecular complexity index is 1110. The number of aliphatic hydroxyl groups is 3. The van der Waals surface area contributed by atoms with Crippen LogP contribution in [0.3, 0.4) is 0 Å². The zero-order valence-corrected chi connectivity index (χ0v) is 32.4. The van der Waals surface area contributed by atoms with Crippen LogP contribution in [0.1, 0.15) is 129 Å². The molecule has 6 unspecified atom stereocenters. The monoisotopic (exact) mass is 760 g/mol. The van der Waals surface area contributed by atoms with Crippen molar-refractivity contribution in [3.63, 3.8) is 0 Å². The summed E-state index contributed by atoms with van der Waals surface area (Å²) < 4.78 is 58.6. The number of unbranched alkanes of at least 4 members (excludes halogenated alkanes) is 11. The van der Waals surface area contributed by atoms with Gasteiger partial charge in [-0.15, -0.1) is 0 Å². The lowest BCUT2D eigenvalue weighted by atomic mass is 9.99. The van der Waals surface area contributed by atoms with Gasteiger partial charge in [0, 0.05) is 13.0 Å². The summed E-state index contributed by atoms with van der Waals surface area (Å²) in [7, 11) is -5.06. The van der Waals surface area contributed by atoms with E-state index >= 15 is 0 Å². The van der Waals surface area contributed by atoms with Crippen molar-refractivity contribution in [2.24, 2.45) is 0 Å². The van der Waals surface area contributed by atoms with Gasteiger partial charge in [0.1, 0.15) is 30.5 Å². The van der Waals surface area contributed by atoms with Crippen LogP contribution < -0.4 is 0 Å². The van der Waals surface area contributed by atoms with E-state index in [2.05, 4.69) is 66.6 Å². The second-order valence-electron chi connectivity index (χ2n) is 13.1. The molecule has 4 N–H and O–H groups in total. The van der Waals surface area contributed by atoms with E-state index in [1.807, 2.05) is 0 Å². The maximum Gasteiger partial charge on any atom is 0.397 e. The normalized spacial score (nSPS) is 22.0. The quantitative estimate of drug-likeness (QED) is 0.0243. The first kappa shape index (κ1) is 48.1. The molecule has 0 saturated carbocycles. The van der Waals surface area contributed by atoms with Crippen molar-refractivity contribution in [3.8, 4) is 0 Å². The van der Waals surface area contributed by atoms with E-state index in [0.717, 1.165) is 83.5 Å². The van der Waals surface area contributed by atoms with Crippen LogP contribution in [0.15, 0.2) is 48.6 Å². The van der Waals surface area contributed by atoms with Gasteiger partial charge in [0.05, 0.1) is 19.8 Å². The molecule has 302 valence electrons. The molecule has 13 heteroatoms. The van der Waals surface area contributed by atoms with Gasteiger partial charge in [0.2, 0.25) is 0 Å². The fourth-order valence-corrected chi connectivity index (χ4v) is 6.05. The van der Waals surface area contributed by atoms with Gasteiger partial charge in [-0.1, -0.05) is 120 Å². The Hall–Kier alpha value is -1.94. The first-order chi connectivity index (χ1) is 25.1. The van der Waals surface area contributed by atoms with Gasteiger partial charge in [-0.05, 0) is 51.4 Å². The van der Waals surface area contributed by atoms with E-state index in [4.69, 9.17) is 23.5 Å². The van der Waals surface area contributed by atoms with Gasteiger partial charge in [0.25, 0.3) is 0 Å². The average Bonchev–Trinajstić information content (AvgIpc) is 3.11. The Kier molecular flexibility index (Phi) is 29.0. The average molecular weight is 761 g/mol. The van der Waals surface area contributed by atoms with E-state index in [1.165, 1.54) is 19.3 Å². The van der Waals surface area contributed by atoms with Gasteiger partial charge in [-0.25, -0.2) is 4.18 Å². The predicted octanol–water partition coefficient (Wildman–Crippen LogP) is 6.84. The third kappa shape index (κ3) is 25.1. The van der Waals surface area contributed by atoms with Crippen LogP contribution in [0.2, 0.25) is 0 Å². The first-order valence-corrected chi connectivity index (χ1v) is 20.8. The molecule has 0 aromatic carbocycles. The second-order valence-corrected chi connectivity index (χ2v) is 14.2. The molecule has 1 aliphatic rings. The molecule has 0 aromatic rings. The van der Waals surface area contributed by atoms with Gasteiger partial charge in [-0.3, -0.25) is 9.35 Å². The summed E-state index contributed by atoms with van der Waals surface area (Å²) in [4.78, 5) is 12.7. The summed E-state index contributed by atoms with van der Waals surface area (Å²) in [6.45, 7) is 3.74. The van der Waals surface area contributed by atoms with Crippen LogP contribution in [0.25, 0.3) is 0 Å². The molecular weight excluding hydrogens is 692 g/mol. The van der Waals surface area contributed by atoms with Crippen molar-refractivity contribution in [2.75, 3.05) is 26.4 Å². The molecule has 1 aliphatic heterocycles. The Morgan fingerprint density at radius 1 is 0.750 bits per heavy atom.